The molecule has 1 aliphatic heterocycles. The van der Waals surface area contributed by atoms with E-state index in [-0.39, 0.29) is 12.6 Å². The summed E-state index contributed by atoms with van der Waals surface area (Å²) in [6.07, 6.45) is 3.97. The summed E-state index contributed by atoms with van der Waals surface area (Å²) in [6, 6.07) is 0. The molecule has 0 N–H and O–H groups in total. The number of ketones is 1. The number of hydrogen-bond acceptors (Lipinski definition) is 3. The van der Waals surface area contributed by atoms with E-state index >= 15 is 0 Å². The molecule has 0 spiro atoms. The lowest BCUT2D eigenvalue weighted by Crippen LogP contribution is -2.05. The highest BCUT2D eigenvalue weighted by Crippen LogP contribution is 2.22. The fourth-order valence-corrected chi connectivity index (χ4v) is 0.996. The molecule has 0 bridgehead atoms. The first-order valence-corrected chi connectivity index (χ1v) is 3.07. The molecule has 2 rings (SSSR count). The Balaban J connectivity index is 2.39. The Morgan fingerprint density at radius 1 is 1.40 bits per heavy atom. The monoisotopic (exact) mass is 138 g/mol. The van der Waals surface area contributed by atoms with E-state index < -0.39 is 0 Å². The smallest absolute Gasteiger partial charge is 0.231 e. The van der Waals surface area contributed by atoms with Crippen molar-refractivity contribution < 1.29 is 14.3 Å². The molecule has 2 aliphatic rings. The van der Waals surface area contributed by atoms with Crippen molar-refractivity contribution in [3.63, 3.8) is 0 Å². The highest BCUT2D eigenvalue weighted by Gasteiger charge is 2.24. The van der Waals surface area contributed by atoms with Crippen LogP contribution in [-0.4, -0.2) is 12.6 Å². The van der Waals surface area contributed by atoms with Crippen LogP contribution in [0.4, 0.5) is 0 Å². The Labute approximate surface area is 57.9 Å². The summed E-state index contributed by atoms with van der Waals surface area (Å²) in [4.78, 5) is 11.0. The Bertz CT molecular complexity index is 237. The third-order valence-electron chi connectivity index (χ3n) is 1.47. The van der Waals surface area contributed by atoms with E-state index in [0.717, 1.165) is 0 Å². The second-order valence-electron chi connectivity index (χ2n) is 2.13. The predicted molar refractivity (Wildman–Crippen MR) is 32.8 cm³/mol. The minimum Gasteiger partial charge on any atom is -0.453 e. The third kappa shape index (κ3) is 0.635. The van der Waals surface area contributed by atoms with E-state index in [1.54, 1.807) is 12.2 Å². The van der Waals surface area contributed by atoms with Gasteiger partial charge in [0.05, 0.1) is 0 Å². The van der Waals surface area contributed by atoms with Gasteiger partial charge in [0.25, 0.3) is 0 Å². The zero-order chi connectivity index (χ0) is 6.97. The molecule has 52 valence electrons. The number of carbonyl (C=O) groups excluding carboxylic acids is 1. The standard InChI is InChI=1S/C7H6O3/c8-5-2-1-3-6-7(5)10-4-9-6/h1,3H,2,4H2. The highest BCUT2D eigenvalue weighted by atomic mass is 16.7. The first kappa shape index (κ1) is 5.53. The van der Waals surface area contributed by atoms with E-state index in [4.69, 9.17) is 9.47 Å². The molecular formula is C7H6O3. The lowest BCUT2D eigenvalue weighted by molar-refractivity contribution is -0.118. The molecule has 0 radical (unpaired) electrons. The predicted octanol–water partition coefficient (Wildman–Crippen LogP) is 0.731. The highest BCUT2D eigenvalue weighted by molar-refractivity contribution is 5.96. The largest absolute Gasteiger partial charge is 0.453 e. The first-order chi connectivity index (χ1) is 4.88. The average molecular weight is 138 g/mol. The van der Waals surface area contributed by atoms with Crippen LogP contribution in [0.25, 0.3) is 0 Å². The summed E-state index contributed by atoms with van der Waals surface area (Å²) in [6.45, 7) is 0.181. The normalized spacial score (nSPS) is 22.2. The molecule has 0 saturated heterocycles. The molecule has 0 unspecified atom stereocenters. The van der Waals surface area contributed by atoms with Crippen molar-refractivity contribution in [3.05, 3.63) is 23.7 Å². The lowest BCUT2D eigenvalue weighted by Gasteiger charge is -2.01. The Morgan fingerprint density at radius 2 is 2.30 bits per heavy atom. The summed E-state index contributed by atoms with van der Waals surface area (Å²) >= 11 is 0. The molecular weight excluding hydrogens is 132 g/mol. The van der Waals surface area contributed by atoms with Crippen molar-refractivity contribution in [2.45, 2.75) is 6.42 Å². The van der Waals surface area contributed by atoms with Crippen molar-refractivity contribution in [2.75, 3.05) is 6.79 Å². The molecule has 3 nitrogen and oxygen atoms in total. The van der Waals surface area contributed by atoms with Crippen LogP contribution >= 0.6 is 0 Å². The molecule has 3 heteroatoms. The summed E-state index contributed by atoms with van der Waals surface area (Å²) < 4.78 is 9.90. The quantitative estimate of drug-likeness (QED) is 0.495. The van der Waals surface area contributed by atoms with Crippen molar-refractivity contribution in [1.29, 1.82) is 0 Å². The summed E-state index contributed by atoms with van der Waals surface area (Å²) in [5.41, 5.74) is 0. The number of rotatable bonds is 0. The van der Waals surface area contributed by atoms with E-state index in [0.29, 0.717) is 17.9 Å². The van der Waals surface area contributed by atoms with E-state index in [9.17, 15) is 4.79 Å². The van der Waals surface area contributed by atoms with Crippen LogP contribution < -0.4 is 0 Å². The van der Waals surface area contributed by atoms with Gasteiger partial charge < -0.3 is 9.47 Å². The fraction of sp³-hybridized carbons (Fsp3) is 0.286. The van der Waals surface area contributed by atoms with E-state index in [2.05, 4.69) is 0 Å². The number of hydrogen-bond donors (Lipinski definition) is 0. The molecule has 0 aromatic heterocycles. The van der Waals surface area contributed by atoms with Gasteiger partial charge in [-0.1, -0.05) is 6.08 Å². The van der Waals surface area contributed by atoms with Crippen LogP contribution in [0.1, 0.15) is 6.42 Å². The zero-order valence-electron chi connectivity index (χ0n) is 5.29. The average Bonchev–Trinajstić information content (AvgIpc) is 2.36. The zero-order valence-corrected chi connectivity index (χ0v) is 5.29. The van der Waals surface area contributed by atoms with E-state index in [1.807, 2.05) is 0 Å². The van der Waals surface area contributed by atoms with Crippen molar-refractivity contribution >= 4 is 5.78 Å². The van der Waals surface area contributed by atoms with Gasteiger partial charge in [-0.3, -0.25) is 4.79 Å². The number of carbonyl (C=O) groups is 1. The Hall–Kier alpha value is -1.25. The second-order valence-corrected chi connectivity index (χ2v) is 2.13. The number of allylic oxidation sites excluding steroid dienone is 3. The molecule has 1 heterocycles. The summed E-state index contributed by atoms with van der Waals surface area (Å²) in [7, 11) is 0. The van der Waals surface area contributed by atoms with Gasteiger partial charge in [0.1, 0.15) is 0 Å². The topological polar surface area (TPSA) is 35.5 Å². The molecule has 10 heavy (non-hydrogen) atoms. The number of ether oxygens (including phenoxy) is 2. The third-order valence-corrected chi connectivity index (χ3v) is 1.47. The fourth-order valence-electron chi connectivity index (χ4n) is 0.996. The van der Waals surface area contributed by atoms with Gasteiger partial charge in [0.2, 0.25) is 18.3 Å². The second kappa shape index (κ2) is 1.87. The maximum absolute atomic E-state index is 11.0. The molecule has 0 amide bonds. The van der Waals surface area contributed by atoms with E-state index in [1.165, 1.54) is 0 Å². The molecule has 1 aliphatic carbocycles. The van der Waals surface area contributed by atoms with Crippen molar-refractivity contribution in [3.8, 4) is 0 Å². The molecule has 0 aromatic carbocycles. The van der Waals surface area contributed by atoms with Gasteiger partial charge in [-0.05, 0) is 6.08 Å². The number of Topliss-reactive ketones (excluding diaryl/α,β-unsaturated/α-hetero) is 1. The van der Waals surface area contributed by atoms with Gasteiger partial charge >= 0.3 is 0 Å². The Kier molecular flexibility index (Phi) is 1.03. The van der Waals surface area contributed by atoms with Crippen LogP contribution in [0.3, 0.4) is 0 Å². The minimum absolute atomic E-state index is 0.00926. The molecule has 0 atom stereocenters. The van der Waals surface area contributed by atoms with Crippen LogP contribution in [-0.2, 0) is 14.3 Å². The lowest BCUT2D eigenvalue weighted by atomic mass is 10.1. The maximum atomic E-state index is 11.0. The summed E-state index contributed by atoms with van der Waals surface area (Å²) in [5.74, 6) is 0.980. The first-order valence-electron chi connectivity index (χ1n) is 3.07. The maximum Gasteiger partial charge on any atom is 0.231 e. The van der Waals surface area contributed by atoms with Crippen LogP contribution in [0, 0.1) is 0 Å². The molecule has 0 saturated carbocycles. The van der Waals surface area contributed by atoms with Crippen LogP contribution in [0.5, 0.6) is 0 Å². The van der Waals surface area contributed by atoms with Gasteiger partial charge in [-0.15, -0.1) is 0 Å². The van der Waals surface area contributed by atoms with Crippen molar-refractivity contribution in [1.82, 2.24) is 0 Å². The molecule has 0 fully saturated rings. The van der Waals surface area contributed by atoms with Crippen LogP contribution in [0.15, 0.2) is 23.7 Å². The SMILES string of the molecule is O=C1CC=CC2=C1OCO2. The van der Waals surface area contributed by atoms with Gasteiger partial charge in [0.15, 0.2) is 5.76 Å². The summed E-state index contributed by atoms with van der Waals surface area (Å²) in [5, 5.41) is 0. The molecule has 0 aromatic rings. The van der Waals surface area contributed by atoms with Gasteiger partial charge in [-0.25, -0.2) is 0 Å². The minimum atomic E-state index is 0.00926. The van der Waals surface area contributed by atoms with Gasteiger partial charge in [-0.2, -0.15) is 0 Å². The van der Waals surface area contributed by atoms with Crippen LogP contribution in [0.2, 0.25) is 0 Å². The van der Waals surface area contributed by atoms with Crippen molar-refractivity contribution in [2.24, 2.45) is 0 Å². The van der Waals surface area contributed by atoms with Gasteiger partial charge in [0, 0.05) is 6.42 Å². The Morgan fingerprint density at radius 3 is 3.10 bits per heavy atom.